The normalized spacial score (nSPS) is 13.1. The van der Waals surface area contributed by atoms with Crippen molar-refractivity contribution in [2.75, 3.05) is 5.32 Å². The van der Waals surface area contributed by atoms with Gasteiger partial charge in [0, 0.05) is 28.5 Å². The first kappa shape index (κ1) is 18.7. The third-order valence-corrected chi connectivity index (χ3v) is 4.67. The average molecular weight is 386 g/mol. The van der Waals surface area contributed by atoms with E-state index in [0.29, 0.717) is 16.0 Å². The minimum absolute atomic E-state index is 0.0461. The van der Waals surface area contributed by atoms with E-state index >= 15 is 0 Å². The van der Waals surface area contributed by atoms with E-state index in [1.807, 2.05) is 0 Å². The number of rotatable bonds is 5. The van der Waals surface area contributed by atoms with E-state index in [9.17, 15) is 19.5 Å². The van der Waals surface area contributed by atoms with Gasteiger partial charge in [-0.15, -0.1) is 0 Å². The van der Waals surface area contributed by atoms with Crippen molar-refractivity contribution >= 4 is 45.9 Å². The fourth-order valence-corrected chi connectivity index (χ4v) is 3.15. The van der Waals surface area contributed by atoms with Crippen LogP contribution in [0.2, 0.25) is 5.02 Å². The summed E-state index contributed by atoms with van der Waals surface area (Å²) in [5.74, 6) is -2.43. The van der Waals surface area contributed by atoms with Gasteiger partial charge in [0.1, 0.15) is 5.58 Å². The molecule has 1 atom stereocenters. The fourth-order valence-electron chi connectivity index (χ4n) is 2.98. The monoisotopic (exact) mass is 385 g/mol. The zero-order valence-corrected chi connectivity index (χ0v) is 15.3. The Balaban J connectivity index is 2.20. The lowest BCUT2D eigenvalue weighted by Crippen LogP contribution is -2.41. The van der Waals surface area contributed by atoms with Gasteiger partial charge in [0.25, 0.3) is 0 Å². The number of nitrogens with one attached hydrogen (secondary N) is 1. The van der Waals surface area contributed by atoms with E-state index in [-0.39, 0.29) is 16.8 Å². The predicted molar refractivity (Wildman–Crippen MR) is 101 cm³/mol. The molecule has 0 bridgehead atoms. The summed E-state index contributed by atoms with van der Waals surface area (Å²) in [6, 6.07) is 11.2. The standard InChI is InChI=1S/C20H16ClNO5/c1-11(23)22-16-9-12(21)7-8-14(16)18(24)20(2,19(25)26)15-10-27-17-6-4-3-5-13(15)17/h3-10H,1-2H3,(H,22,23)(H,25,26). The second kappa shape index (κ2) is 6.89. The predicted octanol–water partition coefficient (Wildman–Crippen LogP) is 4.27. The Morgan fingerprint density at radius 3 is 2.52 bits per heavy atom. The van der Waals surface area contributed by atoms with Gasteiger partial charge >= 0.3 is 5.97 Å². The molecule has 0 aliphatic heterocycles. The molecular formula is C20H16ClNO5. The number of Topliss-reactive ketones (excluding diaryl/α,β-unsaturated/α-hetero) is 1. The highest BCUT2D eigenvalue weighted by Gasteiger charge is 2.46. The molecule has 6 nitrogen and oxygen atoms in total. The lowest BCUT2D eigenvalue weighted by molar-refractivity contribution is -0.141. The Morgan fingerprint density at radius 1 is 1.15 bits per heavy atom. The number of fused-ring (bicyclic) bond motifs is 1. The van der Waals surface area contributed by atoms with Crippen LogP contribution in [0.4, 0.5) is 5.69 Å². The maximum atomic E-state index is 13.3. The van der Waals surface area contributed by atoms with Crippen LogP contribution in [0.1, 0.15) is 29.8 Å². The molecule has 0 saturated carbocycles. The summed E-state index contributed by atoms with van der Waals surface area (Å²) in [6.07, 6.45) is 1.28. The van der Waals surface area contributed by atoms with Crippen LogP contribution >= 0.6 is 11.6 Å². The van der Waals surface area contributed by atoms with Crippen LogP contribution in [-0.2, 0) is 15.0 Å². The van der Waals surface area contributed by atoms with E-state index in [1.165, 1.54) is 38.3 Å². The average Bonchev–Trinajstić information content (AvgIpc) is 3.04. The van der Waals surface area contributed by atoms with Crippen molar-refractivity contribution in [1.82, 2.24) is 0 Å². The Morgan fingerprint density at radius 2 is 1.85 bits per heavy atom. The second-order valence-corrected chi connectivity index (χ2v) is 6.71. The molecule has 0 aliphatic rings. The van der Waals surface area contributed by atoms with E-state index in [0.717, 1.165) is 0 Å². The summed E-state index contributed by atoms with van der Waals surface area (Å²) in [7, 11) is 0. The molecule has 0 saturated heterocycles. The van der Waals surface area contributed by atoms with Crippen molar-refractivity contribution in [2.24, 2.45) is 0 Å². The molecular weight excluding hydrogens is 370 g/mol. The highest BCUT2D eigenvalue weighted by Crippen LogP contribution is 2.37. The summed E-state index contributed by atoms with van der Waals surface area (Å²) in [6.45, 7) is 2.61. The van der Waals surface area contributed by atoms with Gasteiger partial charge in [-0.2, -0.15) is 0 Å². The van der Waals surface area contributed by atoms with E-state index in [1.54, 1.807) is 24.3 Å². The summed E-state index contributed by atoms with van der Waals surface area (Å²) >= 11 is 5.97. The Bertz CT molecular complexity index is 1070. The van der Waals surface area contributed by atoms with Crippen molar-refractivity contribution in [2.45, 2.75) is 19.3 Å². The lowest BCUT2D eigenvalue weighted by atomic mass is 9.75. The number of carbonyl (C=O) groups is 3. The second-order valence-electron chi connectivity index (χ2n) is 6.28. The van der Waals surface area contributed by atoms with Crippen LogP contribution in [0.25, 0.3) is 11.0 Å². The minimum Gasteiger partial charge on any atom is -0.480 e. The molecule has 7 heteroatoms. The number of carboxylic acids is 1. The molecule has 0 radical (unpaired) electrons. The van der Waals surface area contributed by atoms with Gasteiger partial charge in [-0.05, 0) is 31.2 Å². The molecule has 0 spiro atoms. The SMILES string of the molecule is CC(=O)Nc1cc(Cl)ccc1C(=O)C(C)(C(=O)O)c1coc2ccccc12. The van der Waals surface area contributed by atoms with Crippen LogP contribution in [-0.4, -0.2) is 22.8 Å². The number of anilines is 1. The topological polar surface area (TPSA) is 96.6 Å². The van der Waals surface area contributed by atoms with Crippen LogP contribution in [0.5, 0.6) is 0 Å². The third kappa shape index (κ3) is 3.19. The van der Waals surface area contributed by atoms with Crippen LogP contribution < -0.4 is 5.32 Å². The summed E-state index contributed by atoms with van der Waals surface area (Å²) in [4.78, 5) is 37.0. The molecule has 1 amide bonds. The number of hydrogen-bond donors (Lipinski definition) is 2. The number of ketones is 1. The molecule has 1 unspecified atom stereocenters. The number of furan rings is 1. The van der Waals surface area contributed by atoms with Crippen LogP contribution in [0, 0.1) is 0 Å². The van der Waals surface area contributed by atoms with Crippen LogP contribution in [0.3, 0.4) is 0 Å². The highest BCUT2D eigenvalue weighted by atomic mass is 35.5. The number of aliphatic carboxylic acids is 1. The molecule has 138 valence electrons. The van der Waals surface area contributed by atoms with E-state index in [4.69, 9.17) is 16.0 Å². The zero-order chi connectivity index (χ0) is 19.8. The van der Waals surface area contributed by atoms with E-state index < -0.39 is 23.1 Å². The van der Waals surface area contributed by atoms with Crippen molar-refractivity contribution < 1.29 is 23.9 Å². The number of benzene rings is 2. The Kier molecular flexibility index (Phi) is 4.76. The van der Waals surface area contributed by atoms with Gasteiger partial charge in [0.05, 0.1) is 12.0 Å². The van der Waals surface area contributed by atoms with Crippen molar-refractivity contribution in [3.63, 3.8) is 0 Å². The zero-order valence-electron chi connectivity index (χ0n) is 14.6. The largest absolute Gasteiger partial charge is 0.480 e. The number of para-hydroxylation sites is 1. The molecule has 0 aliphatic carbocycles. The maximum Gasteiger partial charge on any atom is 0.321 e. The quantitative estimate of drug-likeness (QED) is 0.505. The summed E-state index contributed by atoms with van der Waals surface area (Å²) in [5, 5.41) is 13.3. The molecule has 3 rings (SSSR count). The summed E-state index contributed by atoms with van der Waals surface area (Å²) < 4.78 is 5.44. The maximum absolute atomic E-state index is 13.3. The third-order valence-electron chi connectivity index (χ3n) is 4.44. The first-order chi connectivity index (χ1) is 12.7. The smallest absolute Gasteiger partial charge is 0.321 e. The molecule has 0 fully saturated rings. The lowest BCUT2D eigenvalue weighted by Gasteiger charge is -2.24. The van der Waals surface area contributed by atoms with Gasteiger partial charge in [-0.1, -0.05) is 29.8 Å². The van der Waals surface area contributed by atoms with Crippen molar-refractivity contribution in [1.29, 1.82) is 0 Å². The molecule has 3 aromatic rings. The van der Waals surface area contributed by atoms with Crippen molar-refractivity contribution in [3.8, 4) is 0 Å². The van der Waals surface area contributed by atoms with Gasteiger partial charge in [-0.25, -0.2) is 0 Å². The number of hydrogen-bond acceptors (Lipinski definition) is 4. The Hall–Kier alpha value is -3.12. The fraction of sp³-hybridized carbons (Fsp3) is 0.150. The number of carbonyl (C=O) groups excluding carboxylic acids is 2. The first-order valence-corrected chi connectivity index (χ1v) is 8.45. The molecule has 1 heterocycles. The number of carboxylic acid groups (broad SMARTS) is 1. The molecule has 27 heavy (non-hydrogen) atoms. The minimum atomic E-state index is -1.92. The van der Waals surface area contributed by atoms with Gasteiger partial charge in [-0.3, -0.25) is 14.4 Å². The molecule has 2 N–H and O–H groups in total. The highest BCUT2D eigenvalue weighted by molar-refractivity contribution is 6.31. The van der Waals surface area contributed by atoms with Gasteiger partial charge < -0.3 is 14.8 Å². The van der Waals surface area contributed by atoms with Crippen molar-refractivity contribution in [3.05, 3.63) is 64.9 Å². The molecule has 2 aromatic carbocycles. The first-order valence-electron chi connectivity index (χ1n) is 8.07. The molecule has 1 aromatic heterocycles. The number of halogens is 1. The van der Waals surface area contributed by atoms with E-state index in [2.05, 4.69) is 5.32 Å². The number of amides is 1. The van der Waals surface area contributed by atoms with Crippen LogP contribution in [0.15, 0.2) is 53.1 Å². The van der Waals surface area contributed by atoms with Gasteiger partial charge in [0.2, 0.25) is 5.91 Å². The summed E-state index contributed by atoms with van der Waals surface area (Å²) in [5.41, 5.74) is -1.01. The Labute approximate surface area is 159 Å². The van der Waals surface area contributed by atoms with Gasteiger partial charge in [0.15, 0.2) is 11.2 Å².